The molecule has 0 radical (unpaired) electrons. The quantitative estimate of drug-likeness (QED) is 0.605. The van der Waals surface area contributed by atoms with Crippen LogP contribution in [0.4, 0.5) is 0 Å². The molecule has 0 aromatic heterocycles. The summed E-state index contributed by atoms with van der Waals surface area (Å²) in [6.45, 7) is 9.24. The van der Waals surface area contributed by atoms with E-state index in [9.17, 15) is 0 Å². The van der Waals surface area contributed by atoms with Gasteiger partial charge in [-0.05, 0) is 60.1 Å². The van der Waals surface area contributed by atoms with Crippen LogP contribution < -0.4 is 4.52 Å². The van der Waals surface area contributed by atoms with Gasteiger partial charge in [-0.15, -0.1) is 0 Å². The first-order valence-electron chi connectivity index (χ1n) is 6.62. The van der Waals surface area contributed by atoms with Gasteiger partial charge in [0.2, 0.25) is 7.58 Å². The smallest absolute Gasteiger partial charge is 0.205 e. The lowest BCUT2D eigenvalue weighted by Crippen LogP contribution is -2.05. The van der Waals surface area contributed by atoms with Gasteiger partial charge >= 0.3 is 0 Å². The van der Waals surface area contributed by atoms with Crippen molar-refractivity contribution < 1.29 is 4.52 Å². The van der Waals surface area contributed by atoms with E-state index < -0.39 is 0 Å². The summed E-state index contributed by atoms with van der Waals surface area (Å²) in [7, 11) is 0.536. The first-order chi connectivity index (χ1) is 8.52. The summed E-state index contributed by atoms with van der Waals surface area (Å²) >= 11 is 4.77. The first-order valence-corrected chi connectivity index (χ1v) is 8.45. The Balaban J connectivity index is 2.55. The molecule has 100 valence electrons. The fourth-order valence-corrected chi connectivity index (χ4v) is 3.01. The van der Waals surface area contributed by atoms with E-state index in [0.29, 0.717) is 13.5 Å². The lowest BCUT2D eigenvalue weighted by atomic mass is 9.87. The third-order valence-corrected chi connectivity index (χ3v) is 3.73. The molecule has 0 saturated carbocycles. The molecule has 0 heterocycles. The molecule has 2 atom stereocenters. The van der Waals surface area contributed by atoms with E-state index in [1.165, 1.54) is 18.4 Å². The van der Waals surface area contributed by atoms with Crippen LogP contribution in [0, 0.1) is 11.8 Å². The topological polar surface area (TPSA) is 9.23 Å². The molecular formula is C15H23OPS. The molecule has 3 heteroatoms. The molecule has 1 aromatic rings. The maximum atomic E-state index is 5.26. The lowest BCUT2D eigenvalue weighted by Gasteiger charge is -2.19. The zero-order chi connectivity index (χ0) is 13.5. The minimum absolute atomic E-state index is 0.536. The van der Waals surface area contributed by atoms with Crippen molar-refractivity contribution in [1.82, 2.24) is 0 Å². The zero-order valence-electron chi connectivity index (χ0n) is 11.7. The third-order valence-electron chi connectivity index (χ3n) is 3.22. The third kappa shape index (κ3) is 5.46. The monoisotopic (exact) mass is 282 g/mol. The van der Waals surface area contributed by atoms with Crippen LogP contribution in [-0.4, -0.2) is 0 Å². The van der Waals surface area contributed by atoms with Gasteiger partial charge in [-0.3, -0.25) is 0 Å². The Labute approximate surface area is 118 Å². The summed E-state index contributed by atoms with van der Waals surface area (Å²) in [6, 6.07) is 8.34. The van der Waals surface area contributed by atoms with Gasteiger partial charge in [0.25, 0.3) is 0 Å². The fraction of sp³-hybridized carbons (Fsp3) is 0.600. The van der Waals surface area contributed by atoms with Crippen molar-refractivity contribution in [3.8, 4) is 5.75 Å². The minimum atomic E-state index is 0.536. The average Bonchev–Trinajstić information content (AvgIpc) is 2.29. The van der Waals surface area contributed by atoms with Crippen LogP contribution in [0.5, 0.6) is 5.75 Å². The van der Waals surface area contributed by atoms with Gasteiger partial charge in [0.05, 0.1) is 0 Å². The molecule has 0 aliphatic rings. The molecule has 0 spiro atoms. The number of benzene rings is 1. The van der Waals surface area contributed by atoms with Gasteiger partial charge in [-0.1, -0.05) is 39.8 Å². The van der Waals surface area contributed by atoms with Crippen molar-refractivity contribution in [3.63, 3.8) is 0 Å². The highest BCUT2D eigenvalue weighted by molar-refractivity contribution is 7.94. The van der Waals surface area contributed by atoms with Gasteiger partial charge in [-0.2, -0.15) is 0 Å². The van der Waals surface area contributed by atoms with Crippen molar-refractivity contribution in [2.75, 3.05) is 0 Å². The average molecular weight is 282 g/mol. The van der Waals surface area contributed by atoms with Crippen LogP contribution >= 0.6 is 7.58 Å². The van der Waals surface area contributed by atoms with Crippen LogP contribution in [-0.2, 0) is 11.8 Å². The number of hydrogen-bond acceptors (Lipinski definition) is 2. The summed E-state index contributed by atoms with van der Waals surface area (Å²) in [4.78, 5) is 0. The van der Waals surface area contributed by atoms with Crippen molar-refractivity contribution >= 4 is 19.4 Å². The summed E-state index contributed by atoms with van der Waals surface area (Å²) in [5.41, 5.74) is 1.39. The highest BCUT2D eigenvalue weighted by Crippen LogP contribution is 2.28. The SMILES string of the molecule is CC(C)CC(C)CC(C)c1ccc(OP=S)cc1. The van der Waals surface area contributed by atoms with Crippen LogP contribution in [0.15, 0.2) is 24.3 Å². The predicted octanol–water partition coefficient (Wildman–Crippen LogP) is 5.56. The Hall–Kier alpha value is -0.460. The van der Waals surface area contributed by atoms with Crippen LogP contribution in [0.25, 0.3) is 0 Å². The first kappa shape index (κ1) is 15.6. The minimum Gasteiger partial charge on any atom is -0.429 e. The van der Waals surface area contributed by atoms with Crippen molar-refractivity contribution in [2.24, 2.45) is 11.8 Å². The second-order valence-corrected chi connectivity index (χ2v) is 6.39. The molecular weight excluding hydrogens is 259 g/mol. The Morgan fingerprint density at radius 1 is 1.06 bits per heavy atom. The van der Waals surface area contributed by atoms with E-state index in [0.717, 1.165) is 17.6 Å². The van der Waals surface area contributed by atoms with E-state index >= 15 is 0 Å². The second-order valence-electron chi connectivity index (χ2n) is 5.61. The summed E-state index contributed by atoms with van der Waals surface area (Å²) in [6.07, 6.45) is 2.55. The van der Waals surface area contributed by atoms with Gasteiger partial charge in [0.15, 0.2) is 0 Å². The molecule has 0 N–H and O–H groups in total. The molecule has 1 rings (SSSR count). The van der Waals surface area contributed by atoms with E-state index in [2.05, 4.69) is 39.8 Å². The Kier molecular flexibility index (Phi) is 6.81. The normalized spacial score (nSPS) is 14.7. The van der Waals surface area contributed by atoms with Crippen LogP contribution in [0.3, 0.4) is 0 Å². The number of rotatable bonds is 7. The molecule has 1 aromatic carbocycles. The molecule has 0 saturated heterocycles. The Morgan fingerprint density at radius 3 is 2.17 bits per heavy atom. The predicted molar refractivity (Wildman–Crippen MR) is 83.0 cm³/mol. The fourth-order valence-electron chi connectivity index (χ4n) is 2.54. The molecule has 0 aliphatic carbocycles. The summed E-state index contributed by atoms with van der Waals surface area (Å²) < 4.78 is 5.26. The van der Waals surface area contributed by atoms with Crippen molar-refractivity contribution in [2.45, 2.75) is 46.5 Å². The Morgan fingerprint density at radius 2 is 1.67 bits per heavy atom. The second kappa shape index (κ2) is 7.86. The van der Waals surface area contributed by atoms with E-state index in [4.69, 9.17) is 16.3 Å². The van der Waals surface area contributed by atoms with Gasteiger partial charge in [0, 0.05) is 0 Å². The van der Waals surface area contributed by atoms with Crippen LogP contribution in [0.2, 0.25) is 0 Å². The van der Waals surface area contributed by atoms with Crippen molar-refractivity contribution in [3.05, 3.63) is 29.8 Å². The van der Waals surface area contributed by atoms with E-state index in [1.54, 1.807) is 0 Å². The maximum Gasteiger partial charge on any atom is 0.205 e. The number of hydrogen-bond donors (Lipinski definition) is 0. The molecule has 2 unspecified atom stereocenters. The van der Waals surface area contributed by atoms with Gasteiger partial charge in [-0.25, -0.2) is 0 Å². The molecule has 1 nitrogen and oxygen atoms in total. The van der Waals surface area contributed by atoms with Gasteiger partial charge in [0.1, 0.15) is 5.75 Å². The van der Waals surface area contributed by atoms with Crippen molar-refractivity contribution in [1.29, 1.82) is 0 Å². The zero-order valence-corrected chi connectivity index (χ0v) is 13.4. The molecule has 0 amide bonds. The highest BCUT2D eigenvalue weighted by atomic mass is 32.4. The highest BCUT2D eigenvalue weighted by Gasteiger charge is 2.12. The van der Waals surface area contributed by atoms with Crippen LogP contribution in [0.1, 0.15) is 52.0 Å². The largest absolute Gasteiger partial charge is 0.429 e. The molecule has 0 aliphatic heterocycles. The molecule has 18 heavy (non-hydrogen) atoms. The van der Waals surface area contributed by atoms with Gasteiger partial charge < -0.3 is 4.52 Å². The summed E-state index contributed by atoms with van der Waals surface area (Å²) in [5, 5.41) is 0. The van der Waals surface area contributed by atoms with E-state index in [1.807, 2.05) is 12.1 Å². The lowest BCUT2D eigenvalue weighted by molar-refractivity contribution is 0.393. The standard InChI is InChI=1S/C15H23OPS/c1-11(2)9-12(3)10-13(4)14-5-7-15(8-6-14)16-17-18/h5-8,11-13H,9-10H2,1-4H3. The molecule has 0 bridgehead atoms. The van der Waals surface area contributed by atoms with E-state index in [-0.39, 0.29) is 0 Å². The molecule has 0 fully saturated rings. The summed E-state index contributed by atoms with van der Waals surface area (Å²) in [5.74, 6) is 3.03. The maximum absolute atomic E-state index is 5.26. The Bertz CT molecular complexity index is 361.